The molecule has 0 saturated heterocycles. The monoisotopic (exact) mass is 732 g/mol. The van der Waals surface area contributed by atoms with E-state index in [2.05, 4.69) is 156 Å². The molecule has 8 rings (SSSR count). The first kappa shape index (κ1) is 38.5. The van der Waals surface area contributed by atoms with Crippen molar-refractivity contribution in [2.45, 2.75) is 71.6 Å². The zero-order valence-corrected chi connectivity index (χ0v) is 33.7. The average molecular weight is 734 g/mol. The number of rotatable bonds is 4. The SMILES string of the molecule is CC(C)c1cc2c(-c3cccc4ccccc34)cccc2[cH-]1.Cc1cc2c(-c3ccc(C4CCCCC4)cc3)ccc(C)c2[cH-]1.[CH3-].[CH3-].[Si]=[Zr]. The molecule has 0 bridgehead atoms. The molecule has 0 heterocycles. The van der Waals surface area contributed by atoms with Gasteiger partial charge < -0.3 is 14.9 Å². The molecule has 2 radical (unpaired) electrons. The van der Waals surface area contributed by atoms with Crippen molar-refractivity contribution in [2.24, 2.45) is 0 Å². The van der Waals surface area contributed by atoms with Gasteiger partial charge in [-0.25, -0.2) is 0 Å². The van der Waals surface area contributed by atoms with Crippen LogP contribution in [0.3, 0.4) is 0 Å². The molecule has 7 aromatic carbocycles. The van der Waals surface area contributed by atoms with Crippen LogP contribution in [0.1, 0.15) is 80.0 Å². The standard InChI is InChI=1S/C23H25.C22H19.2CH3.Si.Zr/c1-16-14-22-17(2)8-13-21(23(22)15-16)20-11-9-19(10-12-20)18-6-4-3-5-7-18;1-15(2)18-13-17-9-6-12-21(22(17)14-18)20-11-5-8-16-7-3-4-10-19(16)20;;;;/h8-15,18H,3-7H2,1-2H3;3-15H,1-2H3;2*1H3;;/q4*-1;;. The number of benzene rings is 5. The second-order valence-electron chi connectivity index (χ2n) is 13.5. The van der Waals surface area contributed by atoms with Gasteiger partial charge >= 0.3 is 30.2 Å². The van der Waals surface area contributed by atoms with Gasteiger partial charge in [-0.15, -0.1) is 68.6 Å². The molecule has 0 spiro atoms. The molecule has 7 aromatic rings. The fourth-order valence-electron chi connectivity index (χ4n) is 7.50. The van der Waals surface area contributed by atoms with Gasteiger partial charge in [0.15, 0.2) is 0 Å². The molecule has 1 saturated carbocycles. The van der Waals surface area contributed by atoms with Crippen LogP contribution in [-0.2, 0) is 23.3 Å². The fraction of sp³-hybridized carbons (Fsp3) is 0.234. The summed E-state index contributed by atoms with van der Waals surface area (Å²) >= 11 is 1.36. The Morgan fingerprint density at radius 1 is 0.633 bits per heavy atom. The molecule has 2 heteroatoms. The maximum absolute atomic E-state index is 3.06. The van der Waals surface area contributed by atoms with E-state index in [0.717, 1.165) is 5.92 Å². The Morgan fingerprint density at radius 2 is 1.29 bits per heavy atom. The van der Waals surface area contributed by atoms with E-state index in [0.29, 0.717) is 5.92 Å². The molecule has 0 unspecified atom stereocenters. The van der Waals surface area contributed by atoms with Crippen molar-refractivity contribution in [3.63, 3.8) is 0 Å². The molecule has 0 amide bonds. The van der Waals surface area contributed by atoms with Crippen LogP contribution >= 0.6 is 0 Å². The van der Waals surface area contributed by atoms with Gasteiger partial charge in [0, 0.05) is 0 Å². The third kappa shape index (κ3) is 8.36. The Bertz CT molecular complexity index is 2100. The average Bonchev–Trinajstić information content (AvgIpc) is 3.75. The first-order valence-electron chi connectivity index (χ1n) is 17.2. The van der Waals surface area contributed by atoms with Gasteiger partial charge in [0.2, 0.25) is 0 Å². The van der Waals surface area contributed by atoms with E-state index in [4.69, 9.17) is 0 Å². The summed E-state index contributed by atoms with van der Waals surface area (Å²) in [6, 6.07) is 45.1. The predicted molar refractivity (Wildman–Crippen MR) is 215 cm³/mol. The predicted octanol–water partition coefficient (Wildman–Crippen LogP) is 13.9. The Labute approximate surface area is 312 Å². The van der Waals surface area contributed by atoms with Crippen molar-refractivity contribution < 1.29 is 23.3 Å². The van der Waals surface area contributed by atoms with Crippen LogP contribution in [-0.4, -0.2) is 6.88 Å². The van der Waals surface area contributed by atoms with Crippen molar-refractivity contribution in [2.75, 3.05) is 0 Å². The van der Waals surface area contributed by atoms with E-state index in [-0.39, 0.29) is 14.9 Å². The molecule has 0 nitrogen and oxygen atoms in total. The minimum absolute atomic E-state index is 0. The molecule has 0 aromatic heterocycles. The van der Waals surface area contributed by atoms with Crippen LogP contribution in [0.5, 0.6) is 0 Å². The van der Waals surface area contributed by atoms with Crippen LogP contribution in [0.25, 0.3) is 54.6 Å². The topological polar surface area (TPSA) is 0 Å². The van der Waals surface area contributed by atoms with Gasteiger partial charge in [0.25, 0.3) is 0 Å². The Hall–Kier alpha value is -3.32. The number of hydrogen-bond acceptors (Lipinski definition) is 0. The van der Waals surface area contributed by atoms with Gasteiger partial charge in [-0.2, -0.15) is 12.1 Å². The van der Waals surface area contributed by atoms with E-state index < -0.39 is 0 Å². The van der Waals surface area contributed by atoms with Crippen LogP contribution < -0.4 is 0 Å². The molecular formula is C47H50SiZr-4. The van der Waals surface area contributed by atoms with Crippen LogP contribution in [0.15, 0.2) is 121 Å². The third-order valence-electron chi connectivity index (χ3n) is 10.1. The van der Waals surface area contributed by atoms with Gasteiger partial charge in [-0.05, 0) is 52.1 Å². The molecule has 1 aliphatic carbocycles. The van der Waals surface area contributed by atoms with Crippen molar-refractivity contribution in [1.82, 2.24) is 0 Å². The van der Waals surface area contributed by atoms with Crippen LogP contribution in [0.4, 0.5) is 0 Å². The van der Waals surface area contributed by atoms with E-state index in [1.807, 2.05) is 0 Å². The van der Waals surface area contributed by atoms with E-state index in [1.165, 1.54) is 132 Å². The van der Waals surface area contributed by atoms with Crippen molar-refractivity contribution in [3.05, 3.63) is 158 Å². The van der Waals surface area contributed by atoms with Gasteiger partial charge in [0.1, 0.15) is 0 Å². The van der Waals surface area contributed by atoms with E-state index >= 15 is 0 Å². The van der Waals surface area contributed by atoms with Crippen LogP contribution in [0, 0.1) is 28.7 Å². The summed E-state index contributed by atoms with van der Waals surface area (Å²) in [5, 5.41) is 8.12. The Morgan fingerprint density at radius 3 is 2.00 bits per heavy atom. The maximum atomic E-state index is 3.06. The molecular weight excluding hydrogens is 684 g/mol. The van der Waals surface area contributed by atoms with Crippen molar-refractivity contribution in [1.29, 1.82) is 0 Å². The molecule has 0 N–H and O–H groups in total. The minimum atomic E-state index is 0. The summed E-state index contributed by atoms with van der Waals surface area (Å²) in [6.45, 7) is 12.0. The summed E-state index contributed by atoms with van der Waals surface area (Å²) in [4.78, 5) is 0. The molecule has 1 aliphatic rings. The normalized spacial score (nSPS) is 12.8. The molecule has 1 fully saturated rings. The van der Waals surface area contributed by atoms with Gasteiger partial charge in [0.05, 0.1) is 0 Å². The van der Waals surface area contributed by atoms with E-state index in [9.17, 15) is 0 Å². The summed E-state index contributed by atoms with van der Waals surface area (Å²) in [5.41, 5.74) is 11.1. The Kier molecular flexibility index (Phi) is 13.8. The molecule has 250 valence electrons. The summed E-state index contributed by atoms with van der Waals surface area (Å²) in [7, 11) is 0. The van der Waals surface area contributed by atoms with Crippen molar-refractivity contribution >= 4 is 39.2 Å². The summed E-state index contributed by atoms with van der Waals surface area (Å²) < 4.78 is 0. The Balaban J connectivity index is 0.000000203. The fourth-order valence-corrected chi connectivity index (χ4v) is 7.50. The zero-order chi connectivity index (χ0) is 32.9. The van der Waals surface area contributed by atoms with Crippen LogP contribution in [0.2, 0.25) is 0 Å². The first-order chi connectivity index (χ1) is 23.0. The quantitative estimate of drug-likeness (QED) is 0.125. The van der Waals surface area contributed by atoms with Gasteiger partial charge in [-0.1, -0.05) is 137 Å². The zero-order valence-electron chi connectivity index (χ0n) is 30.2. The number of aryl methyl sites for hydroxylation is 2. The summed E-state index contributed by atoms with van der Waals surface area (Å²) in [5.74, 6) is 1.35. The number of hydrogen-bond donors (Lipinski definition) is 0. The van der Waals surface area contributed by atoms with Crippen molar-refractivity contribution in [3.8, 4) is 22.3 Å². The van der Waals surface area contributed by atoms with Gasteiger partial charge in [-0.3, -0.25) is 0 Å². The third-order valence-corrected chi connectivity index (χ3v) is 10.1. The second kappa shape index (κ2) is 17.6. The summed E-state index contributed by atoms with van der Waals surface area (Å²) in [6.07, 6.45) is 6.97. The molecule has 0 atom stereocenters. The molecule has 49 heavy (non-hydrogen) atoms. The van der Waals surface area contributed by atoms with E-state index in [1.54, 1.807) is 0 Å². The molecule has 0 aliphatic heterocycles. The first-order valence-corrected chi connectivity index (χ1v) is 21.3. The second-order valence-corrected chi connectivity index (χ2v) is 13.5. The number of fused-ring (bicyclic) bond motifs is 3.